The van der Waals surface area contributed by atoms with E-state index in [-0.39, 0.29) is 13.2 Å². The van der Waals surface area contributed by atoms with Crippen molar-refractivity contribution in [1.82, 2.24) is 0 Å². The largest absolute Gasteiger partial charge is 0.367 e. The summed E-state index contributed by atoms with van der Waals surface area (Å²) >= 11 is 14.2. The summed E-state index contributed by atoms with van der Waals surface area (Å²) in [7, 11) is -3.61. The molecular weight excluding hydrogens is 472 g/mol. The Morgan fingerprint density at radius 1 is 0.935 bits per heavy atom. The Kier molecular flexibility index (Phi) is 8.91. The lowest BCUT2D eigenvalue weighted by Gasteiger charge is -2.29. The van der Waals surface area contributed by atoms with Crippen LogP contribution in [0.25, 0.3) is 0 Å². The molecule has 0 aliphatic rings. The maximum Gasteiger partial charge on any atom is 0.357 e. The van der Waals surface area contributed by atoms with Crippen LogP contribution in [0.2, 0.25) is 10.0 Å². The molecule has 0 fully saturated rings. The molecule has 0 saturated carbocycles. The predicted molar refractivity (Wildman–Crippen MR) is 131 cm³/mol. The number of hydrogen-bond acceptors (Lipinski definition) is 5. The van der Waals surface area contributed by atoms with Crippen LogP contribution in [0.1, 0.15) is 25.2 Å². The van der Waals surface area contributed by atoms with Crippen LogP contribution in [0.15, 0.2) is 82.6 Å². The lowest BCUT2D eigenvalue weighted by atomic mass is 10.2. The van der Waals surface area contributed by atoms with Crippen LogP contribution in [-0.4, -0.2) is 13.2 Å². The first kappa shape index (κ1) is 24.2. The van der Waals surface area contributed by atoms with Crippen LogP contribution < -0.4 is 5.32 Å². The van der Waals surface area contributed by atoms with Crippen molar-refractivity contribution in [1.29, 1.82) is 0 Å². The number of rotatable bonds is 10. The van der Waals surface area contributed by atoms with Gasteiger partial charge in [0.1, 0.15) is 0 Å². The minimum absolute atomic E-state index is 0.237. The van der Waals surface area contributed by atoms with Gasteiger partial charge in [0, 0.05) is 31.1 Å². The summed E-state index contributed by atoms with van der Waals surface area (Å²) in [5, 5.41) is 4.28. The highest BCUT2D eigenvalue weighted by Gasteiger charge is 2.38. The average Bonchev–Trinajstić information content (AvgIpc) is 2.75. The zero-order valence-corrected chi connectivity index (χ0v) is 20.5. The second-order valence-corrected chi connectivity index (χ2v) is 10.6. The second kappa shape index (κ2) is 11.4. The van der Waals surface area contributed by atoms with E-state index >= 15 is 0 Å². The van der Waals surface area contributed by atoms with Crippen LogP contribution in [0.4, 0.5) is 5.69 Å². The van der Waals surface area contributed by atoms with E-state index in [9.17, 15) is 4.57 Å². The van der Waals surface area contributed by atoms with Crippen molar-refractivity contribution in [2.45, 2.75) is 29.4 Å². The molecule has 1 N–H and O–H groups in total. The van der Waals surface area contributed by atoms with Gasteiger partial charge < -0.3 is 14.4 Å². The molecule has 4 nitrogen and oxygen atoms in total. The summed E-state index contributed by atoms with van der Waals surface area (Å²) in [6.07, 6.45) is 0. The monoisotopic (exact) mass is 495 g/mol. The summed E-state index contributed by atoms with van der Waals surface area (Å²) in [5.74, 6) is -0.810. The van der Waals surface area contributed by atoms with E-state index < -0.39 is 13.4 Å². The SMILES string of the molecule is CCOP(=O)(OCC)C(Nc1ccccc1Sc1ccccc1)c1ccc(Cl)cc1Cl. The van der Waals surface area contributed by atoms with Crippen molar-refractivity contribution in [3.8, 4) is 0 Å². The van der Waals surface area contributed by atoms with Gasteiger partial charge in [-0.25, -0.2) is 0 Å². The Morgan fingerprint density at radius 2 is 1.58 bits per heavy atom. The molecule has 31 heavy (non-hydrogen) atoms. The molecule has 0 aliphatic carbocycles. The van der Waals surface area contributed by atoms with E-state index in [0.717, 1.165) is 15.5 Å². The highest BCUT2D eigenvalue weighted by atomic mass is 35.5. The lowest BCUT2D eigenvalue weighted by molar-refractivity contribution is 0.214. The molecule has 0 heterocycles. The number of hydrogen-bond donors (Lipinski definition) is 1. The lowest BCUT2D eigenvalue weighted by Crippen LogP contribution is -2.16. The predicted octanol–water partition coefficient (Wildman–Crippen LogP) is 8.52. The third-order valence-electron chi connectivity index (χ3n) is 4.34. The third kappa shape index (κ3) is 6.29. The van der Waals surface area contributed by atoms with Crippen molar-refractivity contribution in [2.24, 2.45) is 0 Å². The van der Waals surface area contributed by atoms with Crippen molar-refractivity contribution >= 4 is 48.2 Å². The Balaban J connectivity index is 2.04. The van der Waals surface area contributed by atoms with Gasteiger partial charge in [-0.1, -0.05) is 71.4 Å². The van der Waals surface area contributed by atoms with Crippen molar-refractivity contribution < 1.29 is 13.6 Å². The Morgan fingerprint density at radius 3 is 2.23 bits per heavy atom. The fourth-order valence-electron chi connectivity index (χ4n) is 3.03. The first-order valence-corrected chi connectivity index (χ1v) is 13.1. The normalized spacial score (nSPS) is 12.5. The number of halogens is 2. The summed E-state index contributed by atoms with van der Waals surface area (Å²) in [5.41, 5.74) is 1.39. The van der Waals surface area contributed by atoms with Gasteiger partial charge in [-0.15, -0.1) is 0 Å². The molecule has 0 spiro atoms. The third-order valence-corrected chi connectivity index (χ3v) is 8.26. The summed E-state index contributed by atoms with van der Waals surface area (Å²) in [6.45, 7) is 4.04. The Labute approximate surface area is 197 Å². The van der Waals surface area contributed by atoms with Crippen LogP contribution in [0.5, 0.6) is 0 Å². The summed E-state index contributed by atoms with van der Waals surface area (Å²) in [6, 6.07) is 23.0. The molecule has 0 radical (unpaired) electrons. The van der Waals surface area contributed by atoms with Crippen molar-refractivity contribution in [3.05, 3.63) is 88.4 Å². The Bertz CT molecular complexity index is 1040. The fraction of sp³-hybridized carbons (Fsp3) is 0.217. The summed E-state index contributed by atoms with van der Waals surface area (Å²) < 4.78 is 25.2. The van der Waals surface area contributed by atoms with Crippen LogP contribution in [0, 0.1) is 0 Å². The molecule has 0 aromatic heterocycles. The number of anilines is 1. The van der Waals surface area contributed by atoms with E-state index in [0.29, 0.717) is 15.6 Å². The van der Waals surface area contributed by atoms with Crippen LogP contribution in [-0.2, 0) is 13.6 Å². The quantitative estimate of drug-likeness (QED) is 0.285. The molecule has 3 aromatic carbocycles. The molecule has 0 saturated heterocycles. The smallest absolute Gasteiger partial charge is 0.357 e. The van der Waals surface area contributed by atoms with Gasteiger partial charge in [0.05, 0.1) is 13.2 Å². The first-order chi connectivity index (χ1) is 15.0. The molecule has 0 bridgehead atoms. The molecule has 0 amide bonds. The van der Waals surface area contributed by atoms with E-state index in [4.69, 9.17) is 32.2 Å². The van der Waals surface area contributed by atoms with Gasteiger partial charge in [-0.3, -0.25) is 4.57 Å². The van der Waals surface area contributed by atoms with Gasteiger partial charge in [0.2, 0.25) is 0 Å². The molecule has 3 aromatic rings. The minimum atomic E-state index is -3.61. The maximum absolute atomic E-state index is 13.8. The molecule has 1 atom stereocenters. The van der Waals surface area contributed by atoms with E-state index in [2.05, 4.69) is 5.32 Å². The Hall–Kier alpha value is -1.46. The zero-order valence-electron chi connectivity index (χ0n) is 17.3. The molecule has 8 heteroatoms. The molecule has 1 unspecified atom stereocenters. The van der Waals surface area contributed by atoms with Crippen LogP contribution >= 0.6 is 42.6 Å². The average molecular weight is 496 g/mol. The molecular formula is C23H24Cl2NO3PS. The summed E-state index contributed by atoms with van der Waals surface area (Å²) in [4.78, 5) is 2.07. The van der Waals surface area contributed by atoms with Gasteiger partial charge in [0.25, 0.3) is 0 Å². The van der Waals surface area contributed by atoms with Gasteiger partial charge in [-0.2, -0.15) is 0 Å². The highest BCUT2D eigenvalue weighted by molar-refractivity contribution is 7.99. The van der Waals surface area contributed by atoms with Crippen molar-refractivity contribution in [2.75, 3.05) is 18.5 Å². The van der Waals surface area contributed by atoms with Crippen LogP contribution in [0.3, 0.4) is 0 Å². The van der Waals surface area contributed by atoms with Gasteiger partial charge in [-0.05, 0) is 50.2 Å². The van der Waals surface area contributed by atoms with E-state index in [1.54, 1.807) is 43.8 Å². The van der Waals surface area contributed by atoms with E-state index in [1.807, 2.05) is 54.6 Å². The fourth-order valence-corrected chi connectivity index (χ4v) is 6.51. The topological polar surface area (TPSA) is 47.6 Å². The van der Waals surface area contributed by atoms with Gasteiger partial charge >= 0.3 is 7.60 Å². The van der Waals surface area contributed by atoms with E-state index in [1.165, 1.54) is 0 Å². The van der Waals surface area contributed by atoms with Gasteiger partial charge in [0.15, 0.2) is 5.78 Å². The number of benzene rings is 3. The number of para-hydroxylation sites is 1. The molecule has 0 aliphatic heterocycles. The zero-order chi connectivity index (χ0) is 22.3. The number of nitrogens with one attached hydrogen (secondary N) is 1. The standard InChI is InChI=1S/C23H24Cl2NO3PS/c1-3-28-30(27,29-4-2)23(19-15-14-17(24)16-20(19)25)26-21-12-8-9-13-22(21)31-18-10-6-5-7-11-18/h5-16,23,26H,3-4H2,1-2H3. The first-order valence-electron chi connectivity index (χ1n) is 9.89. The molecule has 164 valence electrons. The maximum atomic E-state index is 13.8. The highest BCUT2D eigenvalue weighted by Crippen LogP contribution is 2.62. The van der Waals surface area contributed by atoms with Crippen molar-refractivity contribution in [3.63, 3.8) is 0 Å². The minimum Gasteiger partial charge on any atom is -0.367 e. The molecule has 3 rings (SSSR count). The second-order valence-electron chi connectivity index (χ2n) is 6.50.